The van der Waals surface area contributed by atoms with Crippen molar-refractivity contribution in [2.75, 3.05) is 23.3 Å². The van der Waals surface area contributed by atoms with Gasteiger partial charge in [-0.2, -0.15) is 0 Å². The van der Waals surface area contributed by atoms with Crippen LogP contribution in [0.25, 0.3) is 16.1 Å². The Morgan fingerprint density at radius 2 is 1.89 bits per heavy atom. The molecule has 1 aliphatic heterocycles. The molecular weight excluding hydrogens is 470 g/mol. The average molecular weight is 502 g/mol. The summed E-state index contributed by atoms with van der Waals surface area (Å²) in [6.45, 7) is 6.53. The van der Waals surface area contributed by atoms with Gasteiger partial charge in [-0.15, -0.1) is 16.4 Å². The number of carboxylic acids is 1. The molecule has 0 aliphatic carbocycles. The highest BCUT2D eigenvalue weighted by Crippen LogP contribution is 2.30. The first-order valence-corrected chi connectivity index (χ1v) is 13.3. The second-order valence-corrected chi connectivity index (χ2v) is 10.6. The number of nitrogens with one attached hydrogen (secondary N) is 1. The Balaban J connectivity index is 1.48. The summed E-state index contributed by atoms with van der Waals surface area (Å²) in [6, 6.07) is 16.1. The van der Waals surface area contributed by atoms with E-state index in [-0.39, 0.29) is 11.4 Å². The van der Waals surface area contributed by atoms with Crippen LogP contribution in [-0.2, 0) is 6.42 Å². The molecule has 36 heavy (non-hydrogen) atoms. The third-order valence-electron chi connectivity index (χ3n) is 6.37. The summed E-state index contributed by atoms with van der Waals surface area (Å²) in [6.07, 6.45) is 6.29. The summed E-state index contributed by atoms with van der Waals surface area (Å²) in [5.41, 5.74) is 4.18. The van der Waals surface area contributed by atoms with Crippen LogP contribution >= 0.6 is 11.3 Å². The number of rotatable bonds is 8. The van der Waals surface area contributed by atoms with E-state index in [0.29, 0.717) is 11.7 Å². The van der Waals surface area contributed by atoms with Gasteiger partial charge < -0.3 is 15.3 Å². The second kappa shape index (κ2) is 10.5. The molecule has 7 nitrogen and oxygen atoms in total. The summed E-state index contributed by atoms with van der Waals surface area (Å²) in [7, 11) is 0. The standard InChI is InChI=1S/C28H31N5O2S/c1-19(2)14-23-17-26(30-27-24(28(34)35)15-20(18-29-27)25-10-7-13-36-25)31-33(23)22-9-6-8-21(16-22)32-11-4-3-5-12-32/h6-10,13,15-19H,3-5,11-12,14H2,1-2H3,(H,34,35)(H,29,30,31). The molecule has 0 amide bonds. The number of carbonyl (C=O) groups is 1. The molecule has 0 saturated carbocycles. The zero-order valence-electron chi connectivity index (χ0n) is 20.6. The molecule has 1 aliphatic rings. The van der Waals surface area contributed by atoms with Gasteiger partial charge in [-0.25, -0.2) is 14.5 Å². The van der Waals surface area contributed by atoms with Gasteiger partial charge in [0.15, 0.2) is 5.82 Å². The minimum absolute atomic E-state index is 0.118. The SMILES string of the molecule is CC(C)Cc1cc(Nc2ncc(-c3cccs3)cc2C(=O)O)nn1-c1cccc(N2CCCCC2)c1. The van der Waals surface area contributed by atoms with Crippen LogP contribution in [0.4, 0.5) is 17.3 Å². The third kappa shape index (κ3) is 5.28. The molecule has 0 radical (unpaired) electrons. The molecule has 0 unspecified atom stereocenters. The molecule has 0 bridgehead atoms. The van der Waals surface area contributed by atoms with Crippen LogP contribution in [0.15, 0.2) is 60.1 Å². The predicted octanol–water partition coefficient (Wildman–Crippen LogP) is 6.63. The molecule has 3 aromatic heterocycles. The van der Waals surface area contributed by atoms with Crippen LogP contribution in [0.3, 0.4) is 0 Å². The molecular formula is C28H31N5O2S. The Morgan fingerprint density at radius 3 is 2.61 bits per heavy atom. The minimum Gasteiger partial charge on any atom is -0.478 e. The summed E-state index contributed by atoms with van der Waals surface area (Å²) in [5, 5.41) is 19.9. The van der Waals surface area contributed by atoms with Gasteiger partial charge in [0.05, 0.1) is 5.69 Å². The lowest BCUT2D eigenvalue weighted by atomic mass is 10.1. The highest BCUT2D eigenvalue weighted by Gasteiger charge is 2.18. The van der Waals surface area contributed by atoms with Crippen LogP contribution < -0.4 is 10.2 Å². The molecule has 2 N–H and O–H groups in total. The minimum atomic E-state index is -1.03. The van der Waals surface area contributed by atoms with Gasteiger partial charge in [0.1, 0.15) is 11.4 Å². The first-order chi connectivity index (χ1) is 17.5. The number of nitrogens with zero attached hydrogens (tertiary/aromatic N) is 4. The number of hydrogen-bond donors (Lipinski definition) is 2. The highest BCUT2D eigenvalue weighted by molar-refractivity contribution is 7.13. The zero-order chi connectivity index (χ0) is 25.1. The van der Waals surface area contributed by atoms with Gasteiger partial charge >= 0.3 is 5.97 Å². The number of aromatic carboxylic acids is 1. The zero-order valence-corrected chi connectivity index (χ0v) is 21.5. The lowest BCUT2D eigenvalue weighted by Gasteiger charge is -2.29. The fourth-order valence-electron chi connectivity index (χ4n) is 4.67. The molecule has 0 spiro atoms. The molecule has 1 fully saturated rings. The van der Waals surface area contributed by atoms with Crippen LogP contribution in [-0.4, -0.2) is 38.9 Å². The van der Waals surface area contributed by atoms with Crippen molar-refractivity contribution < 1.29 is 9.90 Å². The lowest BCUT2D eigenvalue weighted by Crippen LogP contribution is -2.29. The van der Waals surface area contributed by atoms with Crippen LogP contribution in [0, 0.1) is 5.92 Å². The maximum Gasteiger partial charge on any atom is 0.339 e. The fraction of sp³-hybridized carbons (Fsp3) is 0.321. The molecule has 1 saturated heterocycles. The summed E-state index contributed by atoms with van der Waals surface area (Å²) in [5.74, 6) is 0.273. The van der Waals surface area contributed by atoms with Crippen LogP contribution in [0.5, 0.6) is 0 Å². The number of thiophene rings is 1. The van der Waals surface area contributed by atoms with Crippen molar-refractivity contribution >= 4 is 34.6 Å². The van der Waals surface area contributed by atoms with Gasteiger partial charge in [0.25, 0.3) is 0 Å². The van der Waals surface area contributed by atoms with Crippen molar-refractivity contribution in [2.24, 2.45) is 5.92 Å². The van der Waals surface area contributed by atoms with Crippen molar-refractivity contribution in [3.8, 4) is 16.1 Å². The van der Waals surface area contributed by atoms with Crippen molar-refractivity contribution in [1.29, 1.82) is 0 Å². The lowest BCUT2D eigenvalue weighted by molar-refractivity contribution is 0.0697. The predicted molar refractivity (Wildman–Crippen MR) is 146 cm³/mol. The number of pyridine rings is 1. The Hall–Kier alpha value is -3.65. The van der Waals surface area contributed by atoms with Crippen molar-refractivity contribution in [2.45, 2.75) is 39.5 Å². The van der Waals surface area contributed by atoms with Crippen LogP contribution in [0.2, 0.25) is 0 Å². The molecule has 1 aromatic carbocycles. The van der Waals surface area contributed by atoms with Gasteiger partial charge in [-0.05, 0) is 67.3 Å². The van der Waals surface area contributed by atoms with E-state index in [1.165, 1.54) is 24.9 Å². The smallest absolute Gasteiger partial charge is 0.339 e. The fourth-order valence-corrected chi connectivity index (χ4v) is 5.38. The Bertz CT molecular complexity index is 1340. The van der Waals surface area contributed by atoms with Crippen molar-refractivity contribution in [3.63, 3.8) is 0 Å². The molecule has 186 valence electrons. The topological polar surface area (TPSA) is 83.3 Å². The van der Waals surface area contributed by atoms with E-state index in [9.17, 15) is 9.90 Å². The number of carboxylic acid groups (broad SMARTS) is 1. The molecule has 8 heteroatoms. The number of aromatic nitrogens is 3. The van der Waals surface area contributed by atoms with Crippen molar-refractivity contribution in [3.05, 3.63) is 71.4 Å². The summed E-state index contributed by atoms with van der Waals surface area (Å²) < 4.78 is 1.97. The maximum absolute atomic E-state index is 12.1. The van der Waals surface area contributed by atoms with Gasteiger partial charge in [0.2, 0.25) is 0 Å². The molecule has 4 heterocycles. The van der Waals surface area contributed by atoms with E-state index in [1.807, 2.05) is 28.3 Å². The van der Waals surface area contributed by atoms with E-state index in [0.717, 1.165) is 41.3 Å². The van der Waals surface area contributed by atoms with Gasteiger partial charge in [-0.3, -0.25) is 0 Å². The molecule has 0 atom stereocenters. The third-order valence-corrected chi connectivity index (χ3v) is 7.29. The number of piperidine rings is 1. The normalized spacial score (nSPS) is 13.8. The number of benzene rings is 1. The van der Waals surface area contributed by atoms with E-state index in [4.69, 9.17) is 5.10 Å². The number of anilines is 3. The summed E-state index contributed by atoms with van der Waals surface area (Å²) in [4.78, 5) is 19.9. The molecule has 5 rings (SSSR count). The monoisotopic (exact) mass is 501 g/mol. The second-order valence-electron chi connectivity index (χ2n) is 9.63. The van der Waals surface area contributed by atoms with E-state index < -0.39 is 5.97 Å². The van der Waals surface area contributed by atoms with Gasteiger partial charge in [-0.1, -0.05) is 26.0 Å². The van der Waals surface area contributed by atoms with E-state index >= 15 is 0 Å². The average Bonchev–Trinajstić information content (AvgIpc) is 3.55. The Labute approximate surface area is 215 Å². The van der Waals surface area contributed by atoms with Gasteiger partial charge in [0, 0.05) is 47.2 Å². The Kier molecular flexibility index (Phi) is 7.04. The van der Waals surface area contributed by atoms with E-state index in [1.54, 1.807) is 23.6 Å². The Morgan fingerprint density at radius 1 is 1.08 bits per heavy atom. The maximum atomic E-state index is 12.1. The first-order valence-electron chi connectivity index (χ1n) is 12.5. The molecule has 4 aromatic rings. The highest BCUT2D eigenvalue weighted by atomic mass is 32.1. The van der Waals surface area contributed by atoms with Crippen LogP contribution in [0.1, 0.15) is 49.2 Å². The quantitative estimate of drug-likeness (QED) is 0.282. The van der Waals surface area contributed by atoms with Crippen molar-refractivity contribution in [1.82, 2.24) is 14.8 Å². The summed E-state index contributed by atoms with van der Waals surface area (Å²) >= 11 is 1.55. The number of hydrogen-bond acceptors (Lipinski definition) is 6. The first kappa shape index (κ1) is 24.1. The largest absolute Gasteiger partial charge is 0.478 e. The van der Waals surface area contributed by atoms with E-state index in [2.05, 4.69) is 53.3 Å².